The smallest absolute Gasteiger partial charge is 0.268 e. The van der Waals surface area contributed by atoms with Crippen LogP contribution in [0.1, 0.15) is 54.7 Å². The van der Waals surface area contributed by atoms with Crippen LogP contribution >= 0.6 is 0 Å². The lowest BCUT2D eigenvalue weighted by molar-refractivity contribution is -0.00254. The molecule has 4 saturated carbocycles. The van der Waals surface area contributed by atoms with Crippen molar-refractivity contribution in [3.8, 4) is 0 Å². The molecule has 0 radical (unpaired) electrons. The van der Waals surface area contributed by atoms with Gasteiger partial charge in [-0.25, -0.2) is 4.98 Å². The largest absolute Gasteiger partial charge is 0.379 e. The Morgan fingerprint density at radius 2 is 2.06 bits per heavy atom. The van der Waals surface area contributed by atoms with E-state index in [4.69, 9.17) is 9.72 Å². The zero-order chi connectivity index (χ0) is 20.6. The molecule has 1 spiro atoms. The van der Waals surface area contributed by atoms with Crippen molar-refractivity contribution >= 4 is 11.6 Å². The van der Waals surface area contributed by atoms with Crippen molar-refractivity contribution in [2.24, 2.45) is 28.6 Å². The highest BCUT2D eigenvalue weighted by Gasteiger charge is 2.70. The molecule has 5 unspecified atom stereocenters. The van der Waals surface area contributed by atoms with E-state index in [0.717, 1.165) is 68.5 Å². The van der Waals surface area contributed by atoms with Gasteiger partial charge in [-0.15, -0.1) is 0 Å². The molecule has 6 nitrogen and oxygen atoms in total. The number of carbonyl (C=O) groups excluding carboxylic acids is 1. The van der Waals surface area contributed by atoms with Crippen molar-refractivity contribution in [3.63, 3.8) is 0 Å². The Morgan fingerprint density at radius 3 is 2.97 bits per heavy atom. The van der Waals surface area contributed by atoms with Crippen molar-refractivity contribution in [1.82, 2.24) is 19.6 Å². The summed E-state index contributed by atoms with van der Waals surface area (Å²) in [6.45, 7) is 5.10. The predicted octanol–water partition coefficient (Wildman–Crippen LogP) is 3.11. The number of carbonyl (C=O) groups is 1. The van der Waals surface area contributed by atoms with Crippen LogP contribution < -0.4 is 5.32 Å². The van der Waals surface area contributed by atoms with Gasteiger partial charge in [0.25, 0.3) is 5.91 Å². The zero-order valence-corrected chi connectivity index (χ0v) is 18.2. The van der Waals surface area contributed by atoms with E-state index in [-0.39, 0.29) is 5.91 Å². The van der Waals surface area contributed by atoms with Crippen LogP contribution in [-0.2, 0) is 11.3 Å². The number of fused-ring (bicyclic) bond motifs is 3. The first-order valence-electron chi connectivity index (χ1n) is 12.2. The predicted molar refractivity (Wildman–Crippen MR) is 117 cm³/mol. The highest BCUT2D eigenvalue weighted by atomic mass is 16.5. The van der Waals surface area contributed by atoms with Crippen LogP contribution in [-0.4, -0.2) is 53.0 Å². The van der Waals surface area contributed by atoms with Crippen molar-refractivity contribution in [1.29, 1.82) is 0 Å². The van der Waals surface area contributed by atoms with E-state index in [1.807, 2.05) is 28.8 Å². The second-order valence-electron chi connectivity index (χ2n) is 11.2. The number of rotatable bonds is 5. The first kappa shape index (κ1) is 18.6. The van der Waals surface area contributed by atoms with E-state index >= 15 is 0 Å². The molecule has 2 aromatic rings. The monoisotopic (exact) mass is 420 g/mol. The lowest BCUT2D eigenvalue weighted by Gasteiger charge is -2.49. The van der Waals surface area contributed by atoms with E-state index < -0.39 is 0 Å². The normalized spacial score (nSPS) is 38.4. The molecule has 3 bridgehead atoms. The summed E-state index contributed by atoms with van der Waals surface area (Å²) < 4.78 is 7.42. The molecule has 6 heteroatoms. The van der Waals surface area contributed by atoms with Crippen LogP contribution in [0, 0.1) is 28.6 Å². The first-order valence-corrected chi connectivity index (χ1v) is 12.2. The van der Waals surface area contributed by atoms with Crippen LogP contribution in [0.4, 0.5) is 0 Å². The molecule has 1 saturated heterocycles. The molecule has 5 atom stereocenters. The fourth-order valence-electron chi connectivity index (χ4n) is 8.41. The van der Waals surface area contributed by atoms with Gasteiger partial charge < -0.3 is 10.1 Å². The topological polar surface area (TPSA) is 58.9 Å². The summed E-state index contributed by atoms with van der Waals surface area (Å²) in [5, 5.41) is 3.36. The highest BCUT2D eigenvalue weighted by molar-refractivity contribution is 5.93. The van der Waals surface area contributed by atoms with E-state index in [0.29, 0.717) is 16.5 Å². The number of hydrogen-bond acceptors (Lipinski definition) is 4. The number of nitrogens with zero attached hydrogens (tertiary/aromatic N) is 3. The third kappa shape index (κ3) is 2.77. The van der Waals surface area contributed by atoms with E-state index in [2.05, 4.69) is 10.2 Å². The van der Waals surface area contributed by atoms with Crippen molar-refractivity contribution in [2.45, 2.75) is 45.1 Å². The number of ether oxygens (including phenoxy) is 1. The van der Waals surface area contributed by atoms with E-state index in [9.17, 15) is 4.79 Å². The minimum absolute atomic E-state index is 0.0431. The maximum atomic E-state index is 13.3. The van der Waals surface area contributed by atoms with Crippen molar-refractivity contribution in [2.75, 3.05) is 32.8 Å². The van der Waals surface area contributed by atoms with Gasteiger partial charge in [-0.1, -0.05) is 6.07 Å². The lowest BCUT2D eigenvalue weighted by Crippen LogP contribution is -2.43. The second-order valence-corrected chi connectivity index (χ2v) is 11.2. The molecule has 7 rings (SSSR count). The fourth-order valence-corrected chi connectivity index (χ4v) is 8.41. The number of imidazole rings is 1. The zero-order valence-electron chi connectivity index (χ0n) is 18.2. The number of pyridine rings is 1. The van der Waals surface area contributed by atoms with Gasteiger partial charge in [0, 0.05) is 32.4 Å². The Morgan fingerprint density at radius 1 is 1.16 bits per heavy atom. The quantitative estimate of drug-likeness (QED) is 0.808. The van der Waals surface area contributed by atoms with Crippen molar-refractivity contribution < 1.29 is 9.53 Å². The molecular weight excluding hydrogens is 388 g/mol. The maximum absolute atomic E-state index is 13.3. The minimum atomic E-state index is 0.0431. The third-order valence-electron chi connectivity index (χ3n) is 9.47. The summed E-state index contributed by atoms with van der Waals surface area (Å²) in [6, 6.07) is 5.87. The highest BCUT2D eigenvalue weighted by Crippen LogP contribution is 2.78. The molecule has 31 heavy (non-hydrogen) atoms. The van der Waals surface area contributed by atoms with Gasteiger partial charge in [0.05, 0.1) is 18.9 Å². The molecule has 4 aliphatic carbocycles. The Hall–Kier alpha value is -1.92. The standard InChI is InChI=1S/C25H32N4O2/c30-23(26-16-24-10-17-8-18-9-19(12-24)25(18,11-17)15-24)21-2-1-3-22-27-20(14-29(21)22)13-28-4-6-31-7-5-28/h1-3,14,17-19H,4-13,15-16H2,(H,26,30). The van der Waals surface area contributed by atoms with Crippen LogP contribution in [0.2, 0.25) is 0 Å². The van der Waals surface area contributed by atoms with Crippen molar-refractivity contribution in [3.05, 3.63) is 35.8 Å². The molecular formula is C25H32N4O2. The molecule has 5 aliphatic rings. The summed E-state index contributed by atoms with van der Waals surface area (Å²) in [6.07, 6.45) is 10.5. The van der Waals surface area contributed by atoms with E-state index in [1.54, 1.807) is 0 Å². The molecule has 3 heterocycles. The number of aromatic nitrogens is 2. The van der Waals surface area contributed by atoms with Gasteiger partial charge in [0.15, 0.2) is 0 Å². The average molecular weight is 421 g/mol. The second kappa shape index (κ2) is 6.55. The van der Waals surface area contributed by atoms with Gasteiger partial charge in [-0.05, 0) is 79.2 Å². The number of morpholine rings is 1. The Balaban J connectivity index is 1.08. The van der Waals surface area contributed by atoms with Gasteiger partial charge in [-0.3, -0.25) is 14.1 Å². The van der Waals surface area contributed by atoms with Crippen LogP contribution in [0.25, 0.3) is 5.65 Å². The molecule has 0 aromatic carbocycles. The molecule has 5 fully saturated rings. The minimum Gasteiger partial charge on any atom is -0.379 e. The SMILES string of the molecule is O=C(NCC12CC3CC4CC(C1)C4(C3)C2)c1cccc2nc(CN3CCOCC3)cn12. The lowest BCUT2D eigenvalue weighted by atomic mass is 9.55. The summed E-state index contributed by atoms with van der Waals surface area (Å²) >= 11 is 0. The van der Waals surface area contributed by atoms with Crippen LogP contribution in [0.3, 0.4) is 0 Å². The third-order valence-corrected chi connectivity index (χ3v) is 9.47. The van der Waals surface area contributed by atoms with E-state index in [1.165, 1.54) is 38.5 Å². The number of nitrogens with one attached hydrogen (secondary N) is 1. The van der Waals surface area contributed by atoms with Gasteiger partial charge in [-0.2, -0.15) is 0 Å². The molecule has 1 amide bonds. The van der Waals surface area contributed by atoms with Crippen LogP contribution in [0.15, 0.2) is 24.4 Å². The summed E-state index contributed by atoms with van der Waals surface area (Å²) in [5.41, 5.74) is 3.60. The molecule has 2 aromatic heterocycles. The summed E-state index contributed by atoms with van der Waals surface area (Å²) in [4.78, 5) is 20.4. The molecule has 1 N–H and O–H groups in total. The Labute approximate surface area is 183 Å². The molecule has 1 aliphatic heterocycles. The van der Waals surface area contributed by atoms with Gasteiger partial charge in [0.1, 0.15) is 11.3 Å². The molecule has 164 valence electrons. The first-order chi connectivity index (χ1) is 15.1. The summed E-state index contributed by atoms with van der Waals surface area (Å²) in [7, 11) is 0. The van der Waals surface area contributed by atoms with Crippen LogP contribution in [0.5, 0.6) is 0 Å². The Bertz CT molecular complexity index is 1040. The van der Waals surface area contributed by atoms with Gasteiger partial charge >= 0.3 is 0 Å². The fraction of sp³-hybridized carbons (Fsp3) is 0.680. The number of hydrogen-bond donors (Lipinski definition) is 1. The summed E-state index contributed by atoms with van der Waals surface area (Å²) in [5.74, 6) is 2.92. The van der Waals surface area contributed by atoms with Gasteiger partial charge in [0.2, 0.25) is 0 Å². The maximum Gasteiger partial charge on any atom is 0.268 e. The Kier molecular flexibility index (Phi) is 3.94. The average Bonchev–Trinajstić information content (AvgIpc) is 3.33. The number of amides is 1.